The molecule has 0 radical (unpaired) electrons. The summed E-state index contributed by atoms with van der Waals surface area (Å²) < 4.78 is 0. The smallest absolute Gasteiger partial charge is 0.169 e. The van der Waals surface area contributed by atoms with Crippen LogP contribution < -0.4 is 10.9 Å². The van der Waals surface area contributed by atoms with E-state index in [2.05, 4.69) is 27.9 Å². The van der Waals surface area contributed by atoms with Gasteiger partial charge in [0, 0.05) is 11.4 Å². The van der Waals surface area contributed by atoms with E-state index < -0.39 is 5.66 Å². The number of phenolic OH excluding ortho intramolecular Hbond substituents is 1. The van der Waals surface area contributed by atoms with Gasteiger partial charge in [-0.25, -0.2) is 10.0 Å². The summed E-state index contributed by atoms with van der Waals surface area (Å²) in [5.41, 5.74) is 7.90. The van der Waals surface area contributed by atoms with Crippen LogP contribution in [-0.2, 0) is 6.42 Å². The Labute approximate surface area is 156 Å². The van der Waals surface area contributed by atoms with Gasteiger partial charge in [-0.3, -0.25) is 10.9 Å². The average molecular weight is 368 g/mol. The fourth-order valence-corrected chi connectivity index (χ4v) is 3.19. The standard InChI is InChI=1S/C19H18ClN5O/c1-19(12-13-5-7-16(26)8-6-13)24-22-18-10-9-17(23-25(18)19)21-15-4-2-3-14(20)11-15/h2-11,24,26H,12H2,1H3,(H,21,23). The summed E-state index contributed by atoms with van der Waals surface area (Å²) in [6, 6.07) is 14.6. The molecule has 0 amide bonds. The molecule has 0 fully saturated rings. The Bertz CT molecular complexity index is 922. The van der Waals surface area contributed by atoms with E-state index in [0.717, 1.165) is 17.1 Å². The molecule has 26 heavy (non-hydrogen) atoms. The Morgan fingerprint density at radius 2 is 2.00 bits per heavy atom. The van der Waals surface area contributed by atoms with Crippen molar-refractivity contribution in [1.82, 2.24) is 15.9 Å². The van der Waals surface area contributed by atoms with Gasteiger partial charge in [0.2, 0.25) is 0 Å². The molecule has 2 heterocycles. The number of benzene rings is 2. The SMILES string of the molecule is CC1(Cc2ccc(O)cc2)NN=C2C=CC(=Nc3cccc(Cl)c3)NN21. The number of rotatable bonds is 3. The second-order valence-corrected chi connectivity index (χ2v) is 6.89. The lowest BCUT2D eigenvalue weighted by Crippen LogP contribution is -2.61. The van der Waals surface area contributed by atoms with E-state index in [1.807, 2.05) is 53.6 Å². The number of nitrogens with one attached hydrogen (secondary N) is 2. The van der Waals surface area contributed by atoms with Gasteiger partial charge in [0.15, 0.2) is 5.84 Å². The van der Waals surface area contributed by atoms with Crippen molar-refractivity contribution in [2.24, 2.45) is 10.1 Å². The van der Waals surface area contributed by atoms with Crippen molar-refractivity contribution in [3.63, 3.8) is 0 Å². The van der Waals surface area contributed by atoms with Gasteiger partial charge >= 0.3 is 0 Å². The molecule has 4 rings (SSSR count). The van der Waals surface area contributed by atoms with Crippen LogP contribution in [0.5, 0.6) is 5.75 Å². The van der Waals surface area contributed by atoms with Gasteiger partial charge in [-0.15, -0.1) is 0 Å². The van der Waals surface area contributed by atoms with Gasteiger partial charge in [-0.1, -0.05) is 29.8 Å². The lowest BCUT2D eigenvalue weighted by molar-refractivity contribution is 0.150. The van der Waals surface area contributed by atoms with E-state index in [9.17, 15) is 5.11 Å². The molecule has 132 valence electrons. The topological polar surface area (TPSA) is 72.2 Å². The monoisotopic (exact) mass is 367 g/mol. The summed E-state index contributed by atoms with van der Waals surface area (Å²) in [7, 11) is 0. The highest BCUT2D eigenvalue weighted by Crippen LogP contribution is 2.25. The molecule has 7 heteroatoms. The summed E-state index contributed by atoms with van der Waals surface area (Å²) in [6.45, 7) is 2.06. The number of amidine groups is 2. The van der Waals surface area contributed by atoms with Crippen LogP contribution in [0.4, 0.5) is 5.69 Å². The molecule has 3 N–H and O–H groups in total. The first-order valence-corrected chi connectivity index (χ1v) is 8.62. The zero-order valence-corrected chi connectivity index (χ0v) is 14.9. The highest BCUT2D eigenvalue weighted by Gasteiger charge is 2.40. The van der Waals surface area contributed by atoms with Crippen LogP contribution in [0.25, 0.3) is 0 Å². The number of fused-ring (bicyclic) bond motifs is 1. The molecule has 2 aromatic carbocycles. The molecule has 1 unspecified atom stereocenters. The van der Waals surface area contributed by atoms with Gasteiger partial charge in [0.25, 0.3) is 0 Å². The number of phenols is 1. The van der Waals surface area contributed by atoms with E-state index >= 15 is 0 Å². The van der Waals surface area contributed by atoms with Gasteiger partial charge in [-0.2, -0.15) is 5.10 Å². The number of hydrogen-bond donors (Lipinski definition) is 3. The van der Waals surface area contributed by atoms with Crippen molar-refractivity contribution in [3.8, 4) is 5.75 Å². The first-order chi connectivity index (χ1) is 12.5. The van der Waals surface area contributed by atoms with E-state index in [0.29, 0.717) is 17.3 Å². The van der Waals surface area contributed by atoms with Crippen molar-refractivity contribution < 1.29 is 5.11 Å². The zero-order chi connectivity index (χ0) is 18.1. The molecule has 0 saturated carbocycles. The predicted molar refractivity (Wildman–Crippen MR) is 103 cm³/mol. The molecule has 2 aromatic rings. The number of aromatic hydroxyl groups is 1. The van der Waals surface area contributed by atoms with Crippen molar-refractivity contribution in [3.05, 3.63) is 71.3 Å². The molecular weight excluding hydrogens is 350 g/mol. The third kappa shape index (κ3) is 3.23. The molecule has 2 aliphatic heterocycles. The molecule has 2 aliphatic rings. The fraction of sp³-hybridized carbons (Fsp3) is 0.158. The second-order valence-electron chi connectivity index (χ2n) is 6.46. The van der Waals surface area contributed by atoms with E-state index in [1.165, 1.54) is 0 Å². The van der Waals surface area contributed by atoms with Gasteiger partial charge < -0.3 is 5.11 Å². The van der Waals surface area contributed by atoms with Crippen LogP contribution in [0.15, 0.2) is 70.8 Å². The Kier molecular flexibility index (Phi) is 4.05. The minimum absolute atomic E-state index is 0.255. The number of nitrogens with zero attached hydrogens (tertiary/aromatic N) is 3. The summed E-state index contributed by atoms with van der Waals surface area (Å²) in [5.74, 6) is 1.74. The number of halogens is 1. The molecule has 1 atom stereocenters. The summed E-state index contributed by atoms with van der Waals surface area (Å²) in [4.78, 5) is 4.60. The highest BCUT2D eigenvalue weighted by atomic mass is 35.5. The van der Waals surface area contributed by atoms with Crippen LogP contribution in [0, 0.1) is 0 Å². The van der Waals surface area contributed by atoms with Crippen molar-refractivity contribution in [1.29, 1.82) is 0 Å². The van der Waals surface area contributed by atoms with Crippen LogP contribution in [0.1, 0.15) is 12.5 Å². The van der Waals surface area contributed by atoms with Crippen LogP contribution >= 0.6 is 11.6 Å². The molecule has 0 saturated heterocycles. The van der Waals surface area contributed by atoms with Gasteiger partial charge in [0.05, 0.1) is 5.69 Å². The number of hydrazone groups is 1. The maximum absolute atomic E-state index is 9.47. The van der Waals surface area contributed by atoms with Crippen molar-refractivity contribution in [2.75, 3.05) is 0 Å². The van der Waals surface area contributed by atoms with E-state index in [-0.39, 0.29) is 5.75 Å². The molecule has 0 aromatic heterocycles. The van der Waals surface area contributed by atoms with Crippen molar-refractivity contribution >= 4 is 29.0 Å². The third-order valence-electron chi connectivity index (χ3n) is 4.29. The Morgan fingerprint density at radius 1 is 1.19 bits per heavy atom. The molecule has 0 aliphatic carbocycles. The van der Waals surface area contributed by atoms with Crippen LogP contribution in [0.2, 0.25) is 5.02 Å². The van der Waals surface area contributed by atoms with Gasteiger partial charge in [-0.05, 0) is 55.0 Å². The quantitative estimate of drug-likeness (QED) is 0.778. The Morgan fingerprint density at radius 3 is 2.77 bits per heavy atom. The lowest BCUT2D eigenvalue weighted by atomic mass is 10.0. The van der Waals surface area contributed by atoms with Crippen LogP contribution in [0.3, 0.4) is 0 Å². The maximum Gasteiger partial charge on any atom is 0.169 e. The summed E-state index contributed by atoms with van der Waals surface area (Å²) in [5, 5.41) is 16.5. The highest BCUT2D eigenvalue weighted by molar-refractivity contribution is 6.30. The van der Waals surface area contributed by atoms with Crippen molar-refractivity contribution in [2.45, 2.75) is 19.0 Å². The normalized spacial score (nSPS) is 22.6. The number of hydrazine groups is 1. The minimum Gasteiger partial charge on any atom is -0.508 e. The number of hydrogen-bond acceptors (Lipinski definition) is 5. The predicted octanol–water partition coefficient (Wildman–Crippen LogP) is 3.33. The molecular formula is C19H18ClN5O. The lowest BCUT2D eigenvalue weighted by Gasteiger charge is -2.38. The zero-order valence-electron chi connectivity index (χ0n) is 14.1. The molecule has 0 bridgehead atoms. The second kappa shape index (κ2) is 6.38. The Balaban J connectivity index is 1.57. The minimum atomic E-state index is -0.466. The maximum atomic E-state index is 9.47. The number of aliphatic imine (C=N–C) groups is 1. The van der Waals surface area contributed by atoms with E-state index in [1.54, 1.807) is 12.1 Å². The fourth-order valence-electron chi connectivity index (χ4n) is 3.01. The molecule has 6 nitrogen and oxygen atoms in total. The first kappa shape index (κ1) is 16.5. The summed E-state index contributed by atoms with van der Waals surface area (Å²) >= 11 is 6.03. The van der Waals surface area contributed by atoms with Gasteiger partial charge in [0.1, 0.15) is 17.2 Å². The summed E-state index contributed by atoms with van der Waals surface area (Å²) in [6.07, 6.45) is 4.48. The average Bonchev–Trinajstić information content (AvgIpc) is 2.94. The van der Waals surface area contributed by atoms with Crippen LogP contribution in [-0.4, -0.2) is 27.4 Å². The van der Waals surface area contributed by atoms with E-state index in [4.69, 9.17) is 11.6 Å². The third-order valence-corrected chi connectivity index (χ3v) is 4.53. The molecule has 0 spiro atoms. The Hall–Kier alpha value is -2.99. The first-order valence-electron chi connectivity index (χ1n) is 8.24. The largest absolute Gasteiger partial charge is 0.508 e.